The van der Waals surface area contributed by atoms with Gasteiger partial charge in [-0.1, -0.05) is 57.6 Å². The number of nitrogens with one attached hydrogen (secondary N) is 1. The van der Waals surface area contributed by atoms with E-state index in [1.54, 1.807) is 25.1 Å². The molecule has 0 aromatic heterocycles. The Morgan fingerprint density at radius 2 is 1.71 bits per heavy atom. The zero-order chi connectivity index (χ0) is 17.8. The van der Waals surface area contributed by atoms with E-state index in [-0.39, 0.29) is 11.9 Å². The third kappa shape index (κ3) is 7.95. The van der Waals surface area contributed by atoms with Crippen molar-refractivity contribution in [3.8, 4) is 0 Å². The van der Waals surface area contributed by atoms with Crippen LogP contribution in [0.25, 0.3) is 0 Å². The minimum Gasteiger partial charge on any atom is -0.464 e. The average molecular weight is 398 g/mol. The monoisotopic (exact) mass is 397 g/mol. The van der Waals surface area contributed by atoms with Gasteiger partial charge >= 0.3 is 5.97 Å². The minimum atomic E-state index is -0.658. The number of esters is 1. The molecule has 4 nitrogen and oxygen atoms in total. The third-order valence-electron chi connectivity index (χ3n) is 3.81. The fourth-order valence-corrected chi connectivity index (χ4v) is 2.80. The van der Waals surface area contributed by atoms with Crippen LogP contribution in [0, 0.1) is 0 Å². The first-order valence-corrected chi connectivity index (χ1v) is 9.57. The number of carbonyl (C=O) groups excluding carboxylic acids is 2. The van der Waals surface area contributed by atoms with E-state index in [4.69, 9.17) is 4.74 Å². The molecule has 5 heteroatoms. The Bertz CT molecular complexity index is 519. The van der Waals surface area contributed by atoms with Gasteiger partial charge in [0.15, 0.2) is 0 Å². The number of unbranched alkanes of at least 4 members (excludes halogenated alkanes) is 6. The van der Waals surface area contributed by atoms with Gasteiger partial charge in [-0.3, -0.25) is 4.79 Å². The summed E-state index contributed by atoms with van der Waals surface area (Å²) in [7, 11) is 0. The van der Waals surface area contributed by atoms with Crippen LogP contribution in [0.2, 0.25) is 0 Å². The fraction of sp³-hybridized carbons (Fsp3) is 0.579. The zero-order valence-electron chi connectivity index (χ0n) is 14.6. The van der Waals surface area contributed by atoms with Crippen molar-refractivity contribution in [2.45, 2.75) is 64.8 Å². The second-order valence-electron chi connectivity index (χ2n) is 5.96. The van der Waals surface area contributed by atoms with Crippen molar-refractivity contribution in [2.75, 3.05) is 6.61 Å². The highest BCUT2D eigenvalue weighted by molar-refractivity contribution is 9.10. The smallest absolute Gasteiger partial charge is 0.328 e. The van der Waals surface area contributed by atoms with Crippen LogP contribution in [0.4, 0.5) is 0 Å². The lowest BCUT2D eigenvalue weighted by atomic mass is 10.1. The number of halogens is 1. The van der Waals surface area contributed by atoms with Gasteiger partial charge in [-0.15, -0.1) is 0 Å². The van der Waals surface area contributed by atoms with Crippen molar-refractivity contribution in [1.82, 2.24) is 5.32 Å². The van der Waals surface area contributed by atoms with E-state index in [2.05, 4.69) is 28.2 Å². The summed E-state index contributed by atoms with van der Waals surface area (Å²) in [6.07, 6.45) is 8.22. The predicted octanol–water partition coefficient (Wildman–Crippen LogP) is 4.86. The Kier molecular flexibility index (Phi) is 10.4. The van der Waals surface area contributed by atoms with Crippen LogP contribution in [0.15, 0.2) is 28.7 Å². The summed E-state index contributed by atoms with van der Waals surface area (Å²) in [6.45, 7) is 4.26. The summed E-state index contributed by atoms with van der Waals surface area (Å²) in [6, 6.07) is 6.45. The van der Waals surface area contributed by atoms with Crippen molar-refractivity contribution in [3.05, 3.63) is 34.3 Å². The van der Waals surface area contributed by atoms with Gasteiger partial charge in [0, 0.05) is 4.47 Å². The summed E-state index contributed by atoms with van der Waals surface area (Å²) in [5.74, 6) is -0.677. The number of hydrogen-bond donors (Lipinski definition) is 1. The fourth-order valence-electron chi connectivity index (χ4n) is 2.34. The molecule has 1 amide bonds. The van der Waals surface area contributed by atoms with Crippen molar-refractivity contribution < 1.29 is 14.3 Å². The van der Waals surface area contributed by atoms with Gasteiger partial charge in [0.1, 0.15) is 6.04 Å². The number of hydrogen-bond acceptors (Lipinski definition) is 3. The Hall–Kier alpha value is -1.36. The maximum absolute atomic E-state index is 12.1. The number of ether oxygens (including phenoxy) is 1. The van der Waals surface area contributed by atoms with Crippen molar-refractivity contribution >= 4 is 27.8 Å². The van der Waals surface area contributed by atoms with Crippen LogP contribution in [0.1, 0.15) is 69.2 Å². The minimum absolute atomic E-state index is 0.289. The van der Waals surface area contributed by atoms with E-state index in [0.29, 0.717) is 16.6 Å². The Balaban J connectivity index is 2.21. The molecule has 0 unspecified atom stereocenters. The molecule has 0 aliphatic rings. The maximum atomic E-state index is 12.1. The van der Waals surface area contributed by atoms with Crippen LogP contribution in [-0.4, -0.2) is 24.5 Å². The lowest BCUT2D eigenvalue weighted by Crippen LogP contribution is -2.39. The molecule has 0 saturated heterocycles. The molecule has 1 aromatic rings. The molecule has 134 valence electrons. The maximum Gasteiger partial charge on any atom is 0.328 e. The number of amides is 1. The van der Waals surface area contributed by atoms with Gasteiger partial charge in [-0.05, 0) is 41.4 Å². The van der Waals surface area contributed by atoms with Gasteiger partial charge in [0.2, 0.25) is 0 Å². The molecule has 1 atom stereocenters. The molecule has 0 bridgehead atoms. The molecule has 0 saturated carbocycles. The molecular formula is C19H28BrNO3. The van der Waals surface area contributed by atoms with Crippen molar-refractivity contribution in [3.63, 3.8) is 0 Å². The Morgan fingerprint density at radius 3 is 2.38 bits per heavy atom. The van der Waals surface area contributed by atoms with E-state index in [9.17, 15) is 9.59 Å². The normalized spacial score (nSPS) is 11.8. The Morgan fingerprint density at radius 1 is 1.08 bits per heavy atom. The zero-order valence-corrected chi connectivity index (χ0v) is 16.2. The second kappa shape index (κ2) is 12.1. The molecule has 0 radical (unpaired) electrons. The van der Waals surface area contributed by atoms with Crippen LogP contribution in [0.3, 0.4) is 0 Å². The largest absolute Gasteiger partial charge is 0.464 e. The molecule has 24 heavy (non-hydrogen) atoms. The Labute approximate surface area is 153 Å². The second-order valence-corrected chi connectivity index (χ2v) is 6.82. The summed E-state index contributed by atoms with van der Waals surface area (Å²) in [5, 5.41) is 2.67. The van der Waals surface area contributed by atoms with Gasteiger partial charge in [0.05, 0.1) is 12.2 Å². The van der Waals surface area contributed by atoms with Crippen molar-refractivity contribution in [1.29, 1.82) is 0 Å². The first-order chi connectivity index (χ1) is 11.6. The molecule has 0 spiro atoms. The van der Waals surface area contributed by atoms with Crippen LogP contribution in [-0.2, 0) is 9.53 Å². The lowest BCUT2D eigenvalue weighted by Gasteiger charge is -2.14. The van der Waals surface area contributed by atoms with Crippen LogP contribution < -0.4 is 5.32 Å². The summed E-state index contributed by atoms with van der Waals surface area (Å²) < 4.78 is 5.93. The molecule has 1 rings (SSSR count). The molecule has 0 aliphatic carbocycles. The van der Waals surface area contributed by atoms with E-state index in [0.717, 1.165) is 12.8 Å². The molecule has 0 heterocycles. The van der Waals surface area contributed by atoms with Crippen molar-refractivity contribution in [2.24, 2.45) is 0 Å². The quantitative estimate of drug-likeness (QED) is 0.428. The first kappa shape index (κ1) is 20.7. The highest BCUT2D eigenvalue weighted by atomic mass is 79.9. The van der Waals surface area contributed by atoms with E-state index >= 15 is 0 Å². The third-order valence-corrected chi connectivity index (χ3v) is 4.50. The number of carbonyl (C=O) groups is 2. The number of rotatable bonds is 11. The average Bonchev–Trinajstić information content (AvgIpc) is 2.57. The van der Waals surface area contributed by atoms with Gasteiger partial charge in [0.25, 0.3) is 5.91 Å². The van der Waals surface area contributed by atoms with E-state index in [1.165, 1.54) is 32.1 Å². The predicted molar refractivity (Wildman–Crippen MR) is 100 cm³/mol. The molecule has 1 N–H and O–H groups in total. The SMILES string of the molecule is CCCCCCCCCOC(=O)[C@H](C)NC(=O)c1ccccc1Br. The van der Waals surface area contributed by atoms with E-state index in [1.807, 2.05) is 6.07 Å². The van der Waals surface area contributed by atoms with E-state index < -0.39 is 6.04 Å². The van der Waals surface area contributed by atoms with Crippen LogP contribution in [0.5, 0.6) is 0 Å². The number of benzene rings is 1. The molecule has 0 aliphatic heterocycles. The van der Waals surface area contributed by atoms with Gasteiger partial charge < -0.3 is 10.1 Å². The van der Waals surface area contributed by atoms with Gasteiger partial charge in [-0.2, -0.15) is 0 Å². The topological polar surface area (TPSA) is 55.4 Å². The molecular weight excluding hydrogens is 370 g/mol. The lowest BCUT2D eigenvalue weighted by molar-refractivity contribution is -0.145. The summed E-state index contributed by atoms with van der Waals surface area (Å²) in [4.78, 5) is 24.1. The van der Waals surface area contributed by atoms with Crippen LogP contribution >= 0.6 is 15.9 Å². The highest BCUT2D eigenvalue weighted by Gasteiger charge is 2.18. The molecule has 0 fully saturated rings. The summed E-state index contributed by atoms with van der Waals surface area (Å²) in [5.41, 5.74) is 0.504. The first-order valence-electron chi connectivity index (χ1n) is 8.78. The molecule has 1 aromatic carbocycles. The summed E-state index contributed by atoms with van der Waals surface area (Å²) >= 11 is 3.33. The highest BCUT2D eigenvalue weighted by Crippen LogP contribution is 2.15. The van der Waals surface area contributed by atoms with Gasteiger partial charge in [-0.25, -0.2) is 4.79 Å². The standard InChI is InChI=1S/C19H28BrNO3/c1-3-4-5-6-7-8-11-14-24-19(23)15(2)21-18(22)16-12-9-10-13-17(16)20/h9-10,12-13,15H,3-8,11,14H2,1-2H3,(H,21,22)/t15-/m0/s1.